The average Bonchev–Trinajstić information content (AvgIpc) is 2.66. The number of hydrogen-bond acceptors (Lipinski definition) is 3. The molecular formula is C19H18F2N2O3S. The second kappa shape index (κ2) is 7.98. The Morgan fingerprint density at radius 3 is 2.26 bits per heavy atom. The molecule has 1 fully saturated rings. The lowest BCUT2D eigenvalue weighted by atomic mass is 10.2. The van der Waals surface area contributed by atoms with Gasteiger partial charge < -0.3 is 4.90 Å². The number of sulfonamides is 1. The SMILES string of the molecule is O=C(C=Cc1ccccc1)N1CCN(S(=O)(=O)c2ccc(F)cc2F)CC1. The minimum Gasteiger partial charge on any atom is -0.337 e. The van der Waals surface area contributed by atoms with Gasteiger partial charge in [0.1, 0.15) is 16.5 Å². The molecule has 5 nitrogen and oxygen atoms in total. The molecule has 0 radical (unpaired) electrons. The Labute approximate surface area is 156 Å². The van der Waals surface area contributed by atoms with Crippen molar-refractivity contribution in [3.8, 4) is 0 Å². The van der Waals surface area contributed by atoms with E-state index in [9.17, 15) is 22.0 Å². The molecule has 1 heterocycles. The number of hydrogen-bond donors (Lipinski definition) is 0. The van der Waals surface area contributed by atoms with Crippen LogP contribution in [0.5, 0.6) is 0 Å². The standard InChI is InChI=1S/C19H18F2N2O3S/c20-16-7-8-18(17(21)14-16)27(25,26)23-12-10-22(11-13-23)19(24)9-6-15-4-2-1-3-5-15/h1-9,14H,10-13H2. The van der Waals surface area contributed by atoms with Crippen molar-refractivity contribution in [1.29, 1.82) is 0 Å². The molecule has 2 aromatic rings. The lowest BCUT2D eigenvalue weighted by Crippen LogP contribution is -2.50. The van der Waals surface area contributed by atoms with E-state index in [1.54, 1.807) is 6.08 Å². The van der Waals surface area contributed by atoms with E-state index in [-0.39, 0.29) is 32.1 Å². The second-order valence-electron chi connectivity index (χ2n) is 6.05. The van der Waals surface area contributed by atoms with Gasteiger partial charge in [-0.15, -0.1) is 0 Å². The van der Waals surface area contributed by atoms with Gasteiger partial charge in [0.15, 0.2) is 0 Å². The van der Waals surface area contributed by atoms with Gasteiger partial charge in [0.2, 0.25) is 15.9 Å². The molecule has 3 rings (SSSR count). The minimum absolute atomic E-state index is 0.0457. The topological polar surface area (TPSA) is 57.7 Å². The van der Waals surface area contributed by atoms with E-state index < -0.39 is 26.6 Å². The first-order chi connectivity index (χ1) is 12.9. The van der Waals surface area contributed by atoms with Gasteiger partial charge in [0, 0.05) is 38.3 Å². The Kier molecular flexibility index (Phi) is 5.67. The number of benzene rings is 2. The third-order valence-corrected chi connectivity index (χ3v) is 6.21. The molecule has 1 saturated heterocycles. The van der Waals surface area contributed by atoms with Crippen LogP contribution in [-0.2, 0) is 14.8 Å². The van der Waals surface area contributed by atoms with Crippen LogP contribution in [0.4, 0.5) is 8.78 Å². The molecule has 8 heteroatoms. The summed E-state index contributed by atoms with van der Waals surface area (Å²) in [5, 5.41) is 0. The number of carbonyl (C=O) groups excluding carboxylic acids is 1. The van der Waals surface area contributed by atoms with Crippen LogP contribution in [-0.4, -0.2) is 49.7 Å². The molecule has 0 N–H and O–H groups in total. The zero-order valence-electron chi connectivity index (χ0n) is 14.4. The molecule has 0 bridgehead atoms. The molecule has 1 amide bonds. The van der Waals surface area contributed by atoms with Crippen molar-refractivity contribution in [2.24, 2.45) is 0 Å². The highest BCUT2D eigenvalue weighted by atomic mass is 32.2. The summed E-state index contributed by atoms with van der Waals surface area (Å²) in [4.78, 5) is 13.2. The minimum atomic E-state index is -4.08. The molecule has 0 atom stereocenters. The predicted octanol–water partition coefficient (Wildman–Crippen LogP) is 2.51. The van der Waals surface area contributed by atoms with Gasteiger partial charge in [0.25, 0.3) is 0 Å². The summed E-state index contributed by atoms with van der Waals surface area (Å²) < 4.78 is 53.1. The fourth-order valence-electron chi connectivity index (χ4n) is 2.81. The molecule has 27 heavy (non-hydrogen) atoms. The largest absolute Gasteiger partial charge is 0.337 e. The first-order valence-electron chi connectivity index (χ1n) is 8.35. The Morgan fingerprint density at radius 2 is 1.63 bits per heavy atom. The maximum absolute atomic E-state index is 13.8. The van der Waals surface area contributed by atoms with Crippen LogP contribution in [0.2, 0.25) is 0 Å². The van der Waals surface area contributed by atoms with Crippen LogP contribution in [0.25, 0.3) is 6.08 Å². The van der Waals surface area contributed by atoms with Gasteiger partial charge in [-0.05, 0) is 23.8 Å². The first kappa shape index (κ1) is 19.2. The predicted molar refractivity (Wildman–Crippen MR) is 97.2 cm³/mol. The van der Waals surface area contributed by atoms with Gasteiger partial charge in [-0.1, -0.05) is 30.3 Å². The molecule has 142 valence electrons. The summed E-state index contributed by atoms with van der Waals surface area (Å²) in [5.41, 5.74) is 0.888. The third kappa shape index (κ3) is 4.40. The Balaban J connectivity index is 1.64. The maximum atomic E-state index is 13.8. The smallest absolute Gasteiger partial charge is 0.246 e. The zero-order valence-corrected chi connectivity index (χ0v) is 15.2. The monoisotopic (exact) mass is 392 g/mol. The van der Waals surface area contributed by atoms with E-state index in [0.717, 1.165) is 22.0 Å². The molecule has 1 aliphatic heterocycles. The summed E-state index contributed by atoms with van der Waals surface area (Å²) in [5.74, 6) is -2.18. The fourth-order valence-corrected chi connectivity index (χ4v) is 4.28. The molecule has 0 aromatic heterocycles. The Morgan fingerprint density at radius 1 is 0.963 bits per heavy atom. The first-order valence-corrected chi connectivity index (χ1v) is 9.79. The van der Waals surface area contributed by atoms with E-state index in [2.05, 4.69) is 0 Å². The van der Waals surface area contributed by atoms with Crippen LogP contribution in [0.3, 0.4) is 0 Å². The second-order valence-corrected chi connectivity index (χ2v) is 7.95. The van der Waals surface area contributed by atoms with E-state index in [0.29, 0.717) is 6.07 Å². The van der Waals surface area contributed by atoms with Crippen molar-refractivity contribution in [1.82, 2.24) is 9.21 Å². The van der Waals surface area contributed by atoms with Crippen molar-refractivity contribution in [3.63, 3.8) is 0 Å². The molecule has 0 saturated carbocycles. The lowest BCUT2D eigenvalue weighted by molar-refractivity contribution is -0.127. The summed E-state index contributed by atoms with van der Waals surface area (Å²) in [6.07, 6.45) is 3.14. The number of rotatable bonds is 4. The van der Waals surface area contributed by atoms with Crippen molar-refractivity contribution < 1.29 is 22.0 Å². The van der Waals surface area contributed by atoms with Gasteiger partial charge in [-0.3, -0.25) is 4.79 Å². The molecular weight excluding hydrogens is 374 g/mol. The van der Waals surface area contributed by atoms with Crippen LogP contribution < -0.4 is 0 Å². The normalized spacial score (nSPS) is 16.0. The number of carbonyl (C=O) groups is 1. The average molecular weight is 392 g/mol. The van der Waals surface area contributed by atoms with Crippen molar-refractivity contribution in [3.05, 3.63) is 71.8 Å². The van der Waals surface area contributed by atoms with Crippen molar-refractivity contribution in [2.75, 3.05) is 26.2 Å². The van der Waals surface area contributed by atoms with Crippen molar-refractivity contribution >= 4 is 22.0 Å². The van der Waals surface area contributed by atoms with Crippen LogP contribution in [0, 0.1) is 11.6 Å². The fraction of sp³-hybridized carbons (Fsp3) is 0.211. The molecule has 0 unspecified atom stereocenters. The van der Waals surface area contributed by atoms with Crippen LogP contribution in [0.15, 0.2) is 59.5 Å². The van der Waals surface area contributed by atoms with E-state index >= 15 is 0 Å². The van der Waals surface area contributed by atoms with Gasteiger partial charge in [-0.25, -0.2) is 17.2 Å². The summed E-state index contributed by atoms with van der Waals surface area (Å²) in [6.45, 7) is 0.480. The van der Waals surface area contributed by atoms with Crippen LogP contribution >= 0.6 is 0 Å². The Bertz CT molecular complexity index is 954. The number of nitrogens with zero attached hydrogens (tertiary/aromatic N) is 2. The van der Waals surface area contributed by atoms with Crippen molar-refractivity contribution in [2.45, 2.75) is 4.90 Å². The maximum Gasteiger partial charge on any atom is 0.246 e. The highest BCUT2D eigenvalue weighted by Gasteiger charge is 2.31. The molecule has 2 aromatic carbocycles. The van der Waals surface area contributed by atoms with E-state index in [1.807, 2.05) is 30.3 Å². The summed E-state index contributed by atoms with van der Waals surface area (Å²) >= 11 is 0. The molecule has 0 spiro atoms. The third-order valence-electron chi connectivity index (χ3n) is 4.28. The molecule has 1 aliphatic rings. The molecule has 0 aliphatic carbocycles. The summed E-state index contributed by atoms with van der Waals surface area (Å²) in [6, 6.07) is 11.7. The zero-order chi connectivity index (χ0) is 19.4. The quantitative estimate of drug-likeness (QED) is 0.752. The highest BCUT2D eigenvalue weighted by Crippen LogP contribution is 2.21. The van der Waals surface area contributed by atoms with Crippen LogP contribution in [0.1, 0.15) is 5.56 Å². The van der Waals surface area contributed by atoms with Gasteiger partial charge in [0.05, 0.1) is 0 Å². The van der Waals surface area contributed by atoms with E-state index in [4.69, 9.17) is 0 Å². The highest BCUT2D eigenvalue weighted by molar-refractivity contribution is 7.89. The number of halogens is 2. The number of piperazine rings is 1. The lowest BCUT2D eigenvalue weighted by Gasteiger charge is -2.33. The van der Waals surface area contributed by atoms with Gasteiger partial charge in [-0.2, -0.15) is 4.31 Å². The summed E-state index contributed by atoms with van der Waals surface area (Å²) in [7, 11) is -4.08. The van der Waals surface area contributed by atoms with Gasteiger partial charge >= 0.3 is 0 Å². The Hall–Kier alpha value is -2.58. The number of amides is 1. The van der Waals surface area contributed by atoms with E-state index in [1.165, 1.54) is 11.0 Å².